The van der Waals surface area contributed by atoms with Crippen molar-refractivity contribution in [1.82, 2.24) is 19.8 Å². The van der Waals surface area contributed by atoms with Crippen molar-refractivity contribution in [3.8, 4) is 0 Å². The lowest BCUT2D eigenvalue weighted by Gasteiger charge is -2.21. The van der Waals surface area contributed by atoms with Crippen molar-refractivity contribution in [3.63, 3.8) is 0 Å². The Morgan fingerprint density at radius 3 is 2.38 bits per heavy atom. The lowest BCUT2D eigenvalue weighted by atomic mass is 10.1. The van der Waals surface area contributed by atoms with Crippen molar-refractivity contribution in [2.24, 2.45) is 0 Å². The molecule has 0 saturated carbocycles. The SMILES string of the molecule is COC(=O)c1sc2nc(CN3CCCN(Cc4ccc(C(F)(F)F)cc4)CC3)[nH]c(=O)c2c1C. The van der Waals surface area contributed by atoms with Crippen LogP contribution in [0.25, 0.3) is 10.2 Å². The highest BCUT2D eigenvalue weighted by atomic mass is 32.1. The molecule has 1 aromatic carbocycles. The molecule has 11 heteroatoms. The van der Waals surface area contributed by atoms with E-state index in [1.54, 1.807) is 6.92 Å². The Bertz CT molecular complexity index is 1240. The number of rotatable bonds is 5. The number of aromatic nitrogens is 2. The molecule has 0 unspecified atom stereocenters. The highest BCUT2D eigenvalue weighted by Gasteiger charge is 2.30. The molecule has 7 nitrogen and oxygen atoms in total. The zero-order valence-corrected chi connectivity index (χ0v) is 19.7. The van der Waals surface area contributed by atoms with Crippen molar-refractivity contribution < 1.29 is 22.7 Å². The number of alkyl halides is 3. The molecule has 3 heterocycles. The number of hydrogen-bond acceptors (Lipinski definition) is 7. The van der Waals surface area contributed by atoms with Gasteiger partial charge in [-0.1, -0.05) is 12.1 Å². The molecule has 0 amide bonds. The van der Waals surface area contributed by atoms with E-state index in [0.29, 0.717) is 39.6 Å². The summed E-state index contributed by atoms with van der Waals surface area (Å²) in [5, 5.41) is 0.410. The Hall–Kier alpha value is -2.76. The van der Waals surface area contributed by atoms with Gasteiger partial charge >= 0.3 is 12.1 Å². The van der Waals surface area contributed by atoms with Crippen LogP contribution in [-0.2, 0) is 24.0 Å². The van der Waals surface area contributed by atoms with Crippen LogP contribution in [0.4, 0.5) is 13.2 Å². The largest absolute Gasteiger partial charge is 0.465 e. The summed E-state index contributed by atoms with van der Waals surface area (Å²) in [6.07, 6.45) is -3.44. The van der Waals surface area contributed by atoms with Gasteiger partial charge in [0.2, 0.25) is 0 Å². The summed E-state index contributed by atoms with van der Waals surface area (Å²) in [6, 6.07) is 5.30. The minimum atomic E-state index is -4.33. The predicted octanol–water partition coefficient (Wildman–Crippen LogP) is 3.81. The number of ether oxygens (including phenoxy) is 1. The fraction of sp³-hybridized carbons (Fsp3) is 0.435. The highest BCUT2D eigenvalue weighted by molar-refractivity contribution is 7.20. The summed E-state index contributed by atoms with van der Waals surface area (Å²) in [5.41, 5.74) is 0.493. The Morgan fingerprint density at radius 1 is 1.12 bits per heavy atom. The van der Waals surface area contributed by atoms with Crippen LogP contribution in [0.15, 0.2) is 29.1 Å². The maximum atomic E-state index is 12.8. The molecule has 1 N–H and O–H groups in total. The van der Waals surface area contributed by atoms with Gasteiger partial charge in [-0.05, 0) is 49.7 Å². The van der Waals surface area contributed by atoms with Crippen molar-refractivity contribution in [3.05, 3.63) is 62.0 Å². The minimum absolute atomic E-state index is 0.275. The molecule has 0 spiro atoms. The van der Waals surface area contributed by atoms with Gasteiger partial charge in [-0.25, -0.2) is 9.78 Å². The number of halogens is 3. The summed E-state index contributed by atoms with van der Waals surface area (Å²) >= 11 is 1.15. The smallest absolute Gasteiger partial charge is 0.416 e. The van der Waals surface area contributed by atoms with E-state index in [-0.39, 0.29) is 5.56 Å². The summed E-state index contributed by atoms with van der Waals surface area (Å²) in [5.74, 6) is 0.0495. The second-order valence-electron chi connectivity index (χ2n) is 8.34. The molecular formula is C23H25F3N4O3S. The van der Waals surface area contributed by atoms with E-state index in [1.165, 1.54) is 19.2 Å². The number of methoxy groups -OCH3 is 1. The number of fused-ring (bicyclic) bond motifs is 1. The van der Waals surface area contributed by atoms with Gasteiger partial charge in [0, 0.05) is 19.6 Å². The maximum Gasteiger partial charge on any atom is 0.416 e. The van der Waals surface area contributed by atoms with Gasteiger partial charge in [-0.15, -0.1) is 11.3 Å². The number of aromatic amines is 1. The highest BCUT2D eigenvalue weighted by Crippen LogP contribution is 2.29. The van der Waals surface area contributed by atoms with E-state index in [9.17, 15) is 22.8 Å². The number of nitrogens with one attached hydrogen (secondary N) is 1. The van der Waals surface area contributed by atoms with Crippen molar-refractivity contribution in [2.75, 3.05) is 33.3 Å². The van der Waals surface area contributed by atoms with Gasteiger partial charge in [0.25, 0.3) is 5.56 Å². The maximum absolute atomic E-state index is 12.8. The molecule has 1 fully saturated rings. The number of aryl methyl sites for hydroxylation is 1. The fourth-order valence-electron chi connectivity index (χ4n) is 4.16. The molecular weight excluding hydrogens is 469 g/mol. The quantitative estimate of drug-likeness (QED) is 0.544. The van der Waals surface area contributed by atoms with E-state index < -0.39 is 17.7 Å². The van der Waals surface area contributed by atoms with Crippen LogP contribution in [0.1, 0.15) is 38.6 Å². The first-order valence-corrected chi connectivity index (χ1v) is 11.7. The Labute approximate surface area is 198 Å². The number of carbonyl (C=O) groups is 1. The second kappa shape index (κ2) is 9.85. The normalized spacial score (nSPS) is 16.0. The van der Waals surface area contributed by atoms with Crippen LogP contribution in [0.3, 0.4) is 0 Å². The van der Waals surface area contributed by atoms with Gasteiger partial charge in [-0.3, -0.25) is 14.6 Å². The minimum Gasteiger partial charge on any atom is -0.465 e. The molecule has 0 atom stereocenters. The van der Waals surface area contributed by atoms with E-state index in [0.717, 1.165) is 61.6 Å². The van der Waals surface area contributed by atoms with Crippen LogP contribution >= 0.6 is 11.3 Å². The zero-order chi connectivity index (χ0) is 24.5. The van der Waals surface area contributed by atoms with Crippen LogP contribution in [0, 0.1) is 6.92 Å². The molecule has 1 aliphatic heterocycles. The number of thiophene rings is 1. The number of carbonyl (C=O) groups excluding carboxylic acids is 1. The molecule has 4 rings (SSSR count). The number of hydrogen-bond donors (Lipinski definition) is 1. The molecule has 34 heavy (non-hydrogen) atoms. The fourth-order valence-corrected chi connectivity index (χ4v) is 5.28. The molecule has 182 valence electrons. The van der Waals surface area contributed by atoms with Gasteiger partial charge in [0.1, 0.15) is 15.5 Å². The molecule has 0 aliphatic carbocycles. The van der Waals surface area contributed by atoms with Crippen LogP contribution < -0.4 is 5.56 Å². The number of nitrogens with zero attached hydrogens (tertiary/aromatic N) is 3. The average molecular weight is 495 g/mol. The summed E-state index contributed by atoms with van der Waals surface area (Å²) < 4.78 is 43.1. The predicted molar refractivity (Wildman–Crippen MR) is 123 cm³/mol. The lowest BCUT2D eigenvalue weighted by Crippen LogP contribution is -2.31. The molecule has 0 bridgehead atoms. The van der Waals surface area contributed by atoms with Crippen molar-refractivity contribution in [1.29, 1.82) is 0 Å². The Morgan fingerprint density at radius 2 is 1.76 bits per heavy atom. The topological polar surface area (TPSA) is 78.5 Å². The first-order valence-electron chi connectivity index (χ1n) is 10.9. The third kappa shape index (κ3) is 5.31. The summed E-state index contributed by atoms with van der Waals surface area (Å²) in [6.45, 7) is 5.87. The van der Waals surface area contributed by atoms with Crippen LogP contribution in [-0.4, -0.2) is 59.0 Å². The number of H-pyrrole nitrogens is 1. The van der Waals surface area contributed by atoms with E-state index in [1.807, 2.05) is 0 Å². The number of esters is 1. The Kier molecular flexibility index (Phi) is 7.06. The summed E-state index contributed by atoms with van der Waals surface area (Å²) in [7, 11) is 1.30. The van der Waals surface area contributed by atoms with E-state index >= 15 is 0 Å². The number of benzene rings is 1. The zero-order valence-electron chi connectivity index (χ0n) is 18.9. The van der Waals surface area contributed by atoms with E-state index in [4.69, 9.17) is 4.74 Å². The first-order chi connectivity index (χ1) is 16.2. The van der Waals surface area contributed by atoms with Gasteiger partial charge in [0.15, 0.2) is 0 Å². The first kappa shape index (κ1) is 24.4. The van der Waals surface area contributed by atoms with Crippen molar-refractivity contribution >= 4 is 27.5 Å². The van der Waals surface area contributed by atoms with E-state index in [2.05, 4.69) is 19.8 Å². The molecule has 3 aromatic rings. The molecule has 0 radical (unpaired) electrons. The molecule has 1 saturated heterocycles. The average Bonchev–Trinajstić information content (AvgIpc) is 2.97. The van der Waals surface area contributed by atoms with Gasteiger partial charge < -0.3 is 9.72 Å². The third-order valence-corrected chi connectivity index (χ3v) is 7.13. The van der Waals surface area contributed by atoms with Crippen LogP contribution in [0.5, 0.6) is 0 Å². The summed E-state index contributed by atoms with van der Waals surface area (Å²) in [4.78, 5) is 37.3. The standard InChI is InChI=1S/C23H25F3N4O3S/c1-14-18-20(31)27-17(28-21(18)34-19(14)22(32)33-2)13-30-9-3-8-29(10-11-30)12-15-4-6-16(7-5-15)23(24,25)26/h4-7H,3,8-13H2,1-2H3,(H,27,28,31). The van der Waals surface area contributed by atoms with Gasteiger partial charge in [0.05, 0.1) is 24.6 Å². The van der Waals surface area contributed by atoms with Gasteiger partial charge in [-0.2, -0.15) is 13.2 Å². The third-order valence-electron chi connectivity index (χ3n) is 5.96. The Balaban J connectivity index is 1.41. The second-order valence-corrected chi connectivity index (χ2v) is 9.34. The van der Waals surface area contributed by atoms with Crippen molar-refractivity contribution in [2.45, 2.75) is 32.6 Å². The molecule has 2 aromatic heterocycles. The molecule has 1 aliphatic rings. The monoisotopic (exact) mass is 494 g/mol. The van der Waals surface area contributed by atoms with Crippen LogP contribution in [0.2, 0.25) is 0 Å². The lowest BCUT2D eigenvalue weighted by molar-refractivity contribution is -0.137.